The number of amides is 1. The maximum absolute atomic E-state index is 12.1. The molecule has 0 saturated carbocycles. The molecule has 4 nitrogen and oxygen atoms in total. The molecule has 158 valence electrons. The molecule has 30 heavy (non-hydrogen) atoms. The maximum atomic E-state index is 12.1. The predicted octanol–water partition coefficient (Wildman–Crippen LogP) is 5.88. The van der Waals surface area contributed by atoms with E-state index >= 15 is 0 Å². The first-order valence-electron chi connectivity index (χ1n) is 10.2. The van der Waals surface area contributed by atoms with E-state index < -0.39 is 0 Å². The van der Waals surface area contributed by atoms with Crippen molar-refractivity contribution in [1.82, 2.24) is 4.90 Å². The highest BCUT2D eigenvalue weighted by Gasteiger charge is 2.28. The van der Waals surface area contributed by atoms with Gasteiger partial charge in [0, 0.05) is 13.5 Å². The van der Waals surface area contributed by atoms with E-state index in [1.807, 2.05) is 42.5 Å². The summed E-state index contributed by atoms with van der Waals surface area (Å²) >= 11 is 6.48. The molecule has 3 rings (SSSR count). The van der Waals surface area contributed by atoms with Crippen LogP contribution in [0.4, 0.5) is 0 Å². The Hall–Kier alpha value is -2.31. The third-order valence-corrected chi connectivity index (χ3v) is 6.53. The van der Waals surface area contributed by atoms with Crippen molar-refractivity contribution in [1.29, 1.82) is 0 Å². The second kappa shape index (κ2) is 10.6. The van der Waals surface area contributed by atoms with Crippen LogP contribution in [0.2, 0.25) is 0 Å². The number of benzene rings is 2. The highest BCUT2D eigenvalue weighted by molar-refractivity contribution is 8.26. The number of hydrogen-bond donors (Lipinski definition) is 0. The molecule has 0 spiro atoms. The smallest absolute Gasteiger partial charge is 0.265 e. The number of likely N-dealkylation sites (N-methyl/N-ethyl adjacent to an activating group) is 1. The van der Waals surface area contributed by atoms with Crippen LogP contribution in [-0.2, 0) is 4.79 Å². The number of rotatable bonds is 9. The third kappa shape index (κ3) is 5.64. The molecule has 1 atom stereocenters. The fraction of sp³-hybridized carbons (Fsp3) is 0.333. The first-order valence-corrected chi connectivity index (χ1v) is 11.4. The summed E-state index contributed by atoms with van der Waals surface area (Å²) in [7, 11) is 1.70. The summed E-state index contributed by atoms with van der Waals surface area (Å²) in [6.45, 7) is 5.61. The summed E-state index contributed by atoms with van der Waals surface area (Å²) < 4.78 is 12.4. The quantitative estimate of drug-likeness (QED) is 0.276. The highest BCUT2D eigenvalue weighted by atomic mass is 32.2. The van der Waals surface area contributed by atoms with Gasteiger partial charge in [0.05, 0.1) is 18.1 Å². The normalized spacial score (nSPS) is 16.2. The van der Waals surface area contributed by atoms with Gasteiger partial charge in [-0.05, 0) is 47.7 Å². The molecule has 0 bridgehead atoms. The van der Waals surface area contributed by atoms with Crippen LogP contribution in [0.3, 0.4) is 0 Å². The van der Waals surface area contributed by atoms with Crippen LogP contribution in [0.1, 0.15) is 43.7 Å². The van der Waals surface area contributed by atoms with E-state index in [9.17, 15) is 4.79 Å². The van der Waals surface area contributed by atoms with Gasteiger partial charge in [-0.3, -0.25) is 9.69 Å². The van der Waals surface area contributed by atoms with Gasteiger partial charge >= 0.3 is 0 Å². The number of hydrogen-bond acceptors (Lipinski definition) is 5. The fourth-order valence-corrected chi connectivity index (χ4v) is 4.21. The monoisotopic (exact) mass is 441 g/mol. The van der Waals surface area contributed by atoms with Gasteiger partial charge in [0.15, 0.2) is 0 Å². The first kappa shape index (κ1) is 22.4. The summed E-state index contributed by atoms with van der Waals surface area (Å²) in [6.07, 6.45) is 3.75. The van der Waals surface area contributed by atoms with Crippen molar-refractivity contribution in [2.24, 2.45) is 0 Å². The van der Waals surface area contributed by atoms with Crippen LogP contribution >= 0.6 is 24.0 Å². The summed E-state index contributed by atoms with van der Waals surface area (Å²) in [6, 6.07) is 16.0. The lowest BCUT2D eigenvalue weighted by molar-refractivity contribution is -0.121. The molecule has 1 fully saturated rings. The fourth-order valence-electron chi connectivity index (χ4n) is 3.03. The second-order valence-electron chi connectivity index (χ2n) is 7.21. The van der Waals surface area contributed by atoms with E-state index in [2.05, 4.69) is 26.0 Å². The zero-order chi connectivity index (χ0) is 21.5. The minimum absolute atomic E-state index is 0.0553. The molecule has 0 N–H and O–H groups in total. The minimum Gasteiger partial charge on any atom is -0.493 e. The highest BCUT2D eigenvalue weighted by Crippen LogP contribution is 2.31. The molecule has 0 radical (unpaired) electrons. The predicted molar refractivity (Wildman–Crippen MR) is 128 cm³/mol. The molecular formula is C24H27NO3S2. The van der Waals surface area contributed by atoms with Crippen molar-refractivity contribution in [3.63, 3.8) is 0 Å². The lowest BCUT2D eigenvalue weighted by Crippen LogP contribution is -2.22. The largest absolute Gasteiger partial charge is 0.493 e. The zero-order valence-electron chi connectivity index (χ0n) is 17.6. The lowest BCUT2D eigenvalue weighted by Gasteiger charge is -2.15. The van der Waals surface area contributed by atoms with Gasteiger partial charge in [-0.1, -0.05) is 68.2 Å². The zero-order valence-corrected chi connectivity index (χ0v) is 19.2. The van der Waals surface area contributed by atoms with Gasteiger partial charge in [-0.2, -0.15) is 0 Å². The Balaban J connectivity index is 1.45. The molecule has 1 aliphatic heterocycles. The van der Waals surface area contributed by atoms with Crippen LogP contribution in [0.15, 0.2) is 53.4 Å². The second-order valence-corrected chi connectivity index (χ2v) is 8.88. The van der Waals surface area contributed by atoms with Crippen molar-refractivity contribution >= 4 is 40.3 Å². The molecule has 6 heteroatoms. The molecule has 1 heterocycles. The van der Waals surface area contributed by atoms with Crippen LogP contribution in [0.5, 0.6) is 11.5 Å². The Morgan fingerprint density at radius 1 is 1.10 bits per heavy atom. The van der Waals surface area contributed by atoms with Gasteiger partial charge in [0.2, 0.25) is 0 Å². The Kier molecular flexibility index (Phi) is 7.94. The number of ether oxygens (including phenoxy) is 2. The third-order valence-electron chi connectivity index (χ3n) is 5.04. The molecule has 2 aromatic rings. The van der Waals surface area contributed by atoms with Gasteiger partial charge in [-0.25, -0.2) is 0 Å². The SMILES string of the molecule is CC[C@@H](C)c1ccccc1OCCCOc1ccc(/C=C2/SC(=S)N(C)C2=O)cc1. The number of para-hydroxylation sites is 1. The minimum atomic E-state index is -0.0553. The molecule has 0 aromatic heterocycles. The summed E-state index contributed by atoms with van der Waals surface area (Å²) in [5, 5.41) is 0. The molecule has 1 aliphatic rings. The first-order chi connectivity index (χ1) is 14.5. The van der Waals surface area contributed by atoms with Crippen LogP contribution in [0.25, 0.3) is 6.08 Å². The number of nitrogens with zero attached hydrogens (tertiary/aromatic N) is 1. The average molecular weight is 442 g/mol. The molecule has 1 amide bonds. The van der Waals surface area contributed by atoms with Crippen molar-refractivity contribution in [2.75, 3.05) is 20.3 Å². The maximum Gasteiger partial charge on any atom is 0.265 e. The number of thiocarbonyl (C=S) groups is 1. The number of carbonyl (C=O) groups is 1. The van der Waals surface area contributed by atoms with Gasteiger partial charge in [0.1, 0.15) is 15.8 Å². The topological polar surface area (TPSA) is 38.8 Å². The van der Waals surface area contributed by atoms with E-state index in [0.717, 1.165) is 29.9 Å². The van der Waals surface area contributed by atoms with Gasteiger partial charge in [0.25, 0.3) is 5.91 Å². The Bertz CT molecular complexity index is 924. The van der Waals surface area contributed by atoms with Crippen molar-refractivity contribution in [2.45, 2.75) is 32.6 Å². The van der Waals surface area contributed by atoms with Crippen LogP contribution in [-0.4, -0.2) is 35.4 Å². The van der Waals surface area contributed by atoms with E-state index in [0.29, 0.717) is 28.4 Å². The van der Waals surface area contributed by atoms with Gasteiger partial charge < -0.3 is 9.47 Å². The average Bonchev–Trinajstić information content (AvgIpc) is 3.01. The summed E-state index contributed by atoms with van der Waals surface area (Å²) in [4.78, 5) is 14.2. The van der Waals surface area contributed by atoms with Crippen LogP contribution in [0, 0.1) is 0 Å². The Morgan fingerprint density at radius 3 is 2.47 bits per heavy atom. The van der Waals surface area contributed by atoms with E-state index in [-0.39, 0.29) is 5.91 Å². The van der Waals surface area contributed by atoms with Crippen LogP contribution < -0.4 is 9.47 Å². The molecule has 0 unspecified atom stereocenters. The van der Waals surface area contributed by atoms with Crippen molar-refractivity contribution < 1.29 is 14.3 Å². The molecular weight excluding hydrogens is 414 g/mol. The summed E-state index contributed by atoms with van der Waals surface area (Å²) in [5.41, 5.74) is 2.21. The molecule has 0 aliphatic carbocycles. The molecule has 2 aromatic carbocycles. The Labute approximate surface area is 188 Å². The van der Waals surface area contributed by atoms with E-state index in [4.69, 9.17) is 21.7 Å². The summed E-state index contributed by atoms with van der Waals surface area (Å²) in [5.74, 6) is 2.20. The Morgan fingerprint density at radius 2 is 1.80 bits per heavy atom. The number of carbonyl (C=O) groups excluding carboxylic acids is 1. The van der Waals surface area contributed by atoms with Crippen molar-refractivity contribution in [3.8, 4) is 11.5 Å². The van der Waals surface area contributed by atoms with Crippen molar-refractivity contribution in [3.05, 3.63) is 64.6 Å². The molecule has 1 saturated heterocycles. The van der Waals surface area contributed by atoms with E-state index in [1.54, 1.807) is 7.05 Å². The lowest BCUT2D eigenvalue weighted by atomic mass is 9.98. The number of thioether (sulfide) groups is 1. The van der Waals surface area contributed by atoms with Gasteiger partial charge in [-0.15, -0.1) is 0 Å². The van der Waals surface area contributed by atoms with E-state index in [1.165, 1.54) is 22.2 Å². The standard InChI is InChI=1S/C24H27NO3S2/c1-4-17(2)20-8-5-6-9-21(20)28-15-7-14-27-19-12-10-18(11-13-19)16-22-23(26)25(3)24(29)30-22/h5-6,8-13,16-17H,4,7,14-15H2,1-3H3/b22-16+/t17-/m1/s1.